The lowest BCUT2D eigenvalue weighted by atomic mass is 9.95. The summed E-state index contributed by atoms with van der Waals surface area (Å²) in [4.78, 5) is 23.9. The molecule has 0 atom stereocenters. The van der Waals surface area contributed by atoms with Gasteiger partial charge in [0, 0.05) is 11.6 Å². The highest BCUT2D eigenvalue weighted by Gasteiger charge is 2.22. The van der Waals surface area contributed by atoms with Crippen LogP contribution in [0.1, 0.15) is 16.7 Å². The van der Waals surface area contributed by atoms with Gasteiger partial charge in [0.15, 0.2) is 0 Å². The molecular weight excluding hydrogens is 322 g/mol. The van der Waals surface area contributed by atoms with E-state index in [0.717, 1.165) is 28.7 Å². The lowest BCUT2D eigenvalue weighted by Gasteiger charge is -2.14. The summed E-state index contributed by atoms with van der Waals surface area (Å²) in [6, 6.07) is 13.4. The summed E-state index contributed by atoms with van der Waals surface area (Å²) in [6.45, 7) is 4.61. The molecule has 0 aliphatic heterocycles. The van der Waals surface area contributed by atoms with E-state index in [1.54, 1.807) is 0 Å². The maximum atomic E-state index is 12.0. The van der Waals surface area contributed by atoms with E-state index in [1.165, 1.54) is 0 Å². The topological polar surface area (TPSA) is 46.2 Å². The molecule has 0 spiro atoms. The monoisotopic (exact) mass is 339 g/mol. The predicted octanol–water partition coefficient (Wildman–Crippen LogP) is 3.87. The number of nitrogens with one attached hydrogen (secondary N) is 1. The normalized spacial score (nSPS) is 11.0. The van der Waals surface area contributed by atoms with Crippen LogP contribution in [0, 0.1) is 13.8 Å². The van der Waals surface area contributed by atoms with Crippen LogP contribution in [0.5, 0.6) is 0 Å². The van der Waals surface area contributed by atoms with Crippen molar-refractivity contribution in [1.29, 1.82) is 0 Å². The lowest BCUT2D eigenvalue weighted by Crippen LogP contribution is -2.36. The molecule has 0 bridgehead atoms. The number of rotatable bonds is 5. The van der Waals surface area contributed by atoms with Crippen molar-refractivity contribution in [2.75, 3.05) is 11.9 Å². The van der Waals surface area contributed by atoms with Crippen molar-refractivity contribution in [2.45, 2.75) is 20.3 Å². The number of hydrogen-bond donors (Lipinski definition) is 1. The average Bonchev–Trinajstić information content (AvgIpc) is 2.58. The van der Waals surface area contributed by atoms with E-state index < -0.39 is 10.9 Å². The molecule has 0 saturated heterocycles. The summed E-state index contributed by atoms with van der Waals surface area (Å²) in [5.41, 5.74) is 4.28. The van der Waals surface area contributed by atoms with E-state index >= 15 is 0 Å². The number of hydrogen-bond acceptors (Lipinski definition) is 3. The Hall–Kier alpha value is -2.39. The molecule has 0 aliphatic carbocycles. The first kappa shape index (κ1) is 16.5. The summed E-state index contributed by atoms with van der Waals surface area (Å²) in [5, 5.41) is 3.82. The van der Waals surface area contributed by atoms with Gasteiger partial charge in [-0.25, -0.2) is 0 Å². The van der Waals surface area contributed by atoms with Crippen LogP contribution >= 0.6 is 11.6 Å². The zero-order chi connectivity index (χ0) is 17.3. The fourth-order valence-electron chi connectivity index (χ4n) is 2.72. The van der Waals surface area contributed by atoms with Gasteiger partial charge >= 0.3 is 0 Å². The van der Waals surface area contributed by atoms with Crippen molar-refractivity contribution < 1.29 is 0 Å². The third-order valence-corrected chi connectivity index (χ3v) is 4.59. The van der Waals surface area contributed by atoms with Gasteiger partial charge in [-0.2, -0.15) is 0 Å². The molecule has 0 fully saturated rings. The van der Waals surface area contributed by atoms with Gasteiger partial charge in [-0.05, 0) is 54.7 Å². The first-order valence-electron chi connectivity index (χ1n) is 7.86. The Bertz CT molecular complexity index is 951. The van der Waals surface area contributed by atoms with Crippen LogP contribution in [0.15, 0.2) is 52.1 Å². The van der Waals surface area contributed by atoms with Crippen molar-refractivity contribution >= 4 is 17.3 Å². The van der Waals surface area contributed by atoms with E-state index in [4.69, 9.17) is 11.6 Å². The molecule has 0 radical (unpaired) electrons. The van der Waals surface area contributed by atoms with Crippen molar-refractivity contribution in [3.63, 3.8) is 0 Å². The molecule has 0 heterocycles. The zero-order valence-corrected chi connectivity index (χ0v) is 14.4. The van der Waals surface area contributed by atoms with Crippen LogP contribution < -0.4 is 16.2 Å². The van der Waals surface area contributed by atoms with E-state index in [-0.39, 0.29) is 0 Å². The third-order valence-electron chi connectivity index (χ3n) is 4.33. The molecule has 3 nitrogen and oxygen atoms in total. The number of benzene rings is 2. The van der Waals surface area contributed by atoms with E-state index in [9.17, 15) is 9.59 Å². The molecule has 3 aromatic carbocycles. The van der Waals surface area contributed by atoms with Crippen molar-refractivity contribution in [2.24, 2.45) is 0 Å². The zero-order valence-electron chi connectivity index (χ0n) is 13.7. The lowest BCUT2D eigenvalue weighted by molar-refractivity contribution is 1.01. The Labute approximate surface area is 145 Å². The fraction of sp³-hybridized carbons (Fsp3) is 0.200. The van der Waals surface area contributed by atoms with Gasteiger partial charge in [-0.1, -0.05) is 41.9 Å². The van der Waals surface area contributed by atoms with E-state index in [0.29, 0.717) is 22.8 Å². The molecule has 3 rings (SSSR count). The third kappa shape index (κ3) is 3.13. The second kappa shape index (κ2) is 6.62. The molecular formula is C20H18ClNO2. The first-order valence-corrected chi connectivity index (χ1v) is 8.24. The molecule has 0 aliphatic rings. The van der Waals surface area contributed by atoms with Gasteiger partial charge in [-0.15, -0.1) is 0 Å². The minimum atomic E-state index is -0.431. The highest BCUT2D eigenvalue weighted by Crippen LogP contribution is 2.25. The SMILES string of the molecule is Cc1ccc(-c2c(NCCc3ccc(Cl)cc3)c(=O)c2=O)cc1C. The molecule has 0 amide bonds. The summed E-state index contributed by atoms with van der Waals surface area (Å²) >= 11 is 5.87. The number of halogens is 1. The minimum absolute atomic E-state index is 0.410. The van der Waals surface area contributed by atoms with Crippen LogP contribution in [-0.4, -0.2) is 6.54 Å². The van der Waals surface area contributed by atoms with Crippen molar-refractivity contribution in [1.82, 2.24) is 0 Å². The van der Waals surface area contributed by atoms with Crippen LogP contribution in [0.2, 0.25) is 5.02 Å². The van der Waals surface area contributed by atoms with Crippen LogP contribution in [0.25, 0.3) is 11.1 Å². The van der Waals surface area contributed by atoms with Gasteiger partial charge < -0.3 is 5.32 Å². The quantitative estimate of drug-likeness (QED) is 0.718. The standard InChI is InChI=1S/C20H18ClNO2/c1-12-3-6-15(11-13(12)2)17-18(20(24)19(17)23)22-10-9-14-4-7-16(21)8-5-14/h3-8,11,22H,9-10H2,1-2H3. The fourth-order valence-corrected chi connectivity index (χ4v) is 2.84. The Kier molecular flexibility index (Phi) is 4.54. The Morgan fingerprint density at radius 3 is 2.29 bits per heavy atom. The summed E-state index contributed by atoms with van der Waals surface area (Å²) in [5.74, 6) is 0. The van der Waals surface area contributed by atoms with Crippen LogP contribution in [0.3, 0.4) is 0 Å². The second-order valence-electron chi connectivity index (χ2n) is 6.01. The molecule has 0 aromatic heterocycles. The van der Waals surface area contributed by atoms with Crippen LogP contribution in [-0.2, 0) is 6.42 Å². The first-order chi connectivity index (χ1) is 11.5. The Morgan fingerprint density at radius 2 is 1.62 bits per heavy atom. The van der Waals surface area contributed by atoms with Gasteiger partial charge in [0.2, 0.25) is 10.9 Å². The highest BCUT2D eigenvalue weighted by molar-refractivity contribution is 6.30. The maximum absolute atomic E-state index is 12.0. The minimum Gasteiger partial charge on any atom is -0.381 e. The van der Waals surface area contributed by atoms with Gasteiger partial charge in [0.1, 0.15) is 0 Å². The van der Waals surface area contributed by atoms with Gasteiger partial charge in [0.05, 0.1) is 11.3 Å². The molecule has 0 saturated carbocycles. The van der Waals surface area contributed by atoms with E-state index in [2.05, 4.69) is 5.32 Å². The predicted molar refractivity (Wildman–Crippen MR) is 99.9 cm³/mol. The van der Waals surface area contributed by atoms with E-state index in [1.807, 2.05) is 56.3 Å². The average molecular weight is 340 g/mol. The maximum Gasteiger partial charge on any atom is 0.250 e. The summed E-state index contributed by atoms with van der Waals surface area (Å²) < 4.78 is 0. The van der Waals surface area contributed by atoms with Gasteiger partial charge in [-0.3, -0.25) is 9.59 Å². The van der Waals surface area contributed by atoms with Crippen LogP contribution in [0.4, 0.5) is 5.69 Å². The molecule has 1 N–H and O–H groups in total. The smallest absolute Gasteiger partial charge is 0.250 e. The molecule has 3 aromatic rings. The van der Waals surface area contributed by atoms with Crippen molar-refractivity contribution in [3.05, 3.63) is 84.6 Å². The summed E-state index contributed by atoms with van der Waals surface area (Å²) in [6.07, 6.45) is 0.752. The molecule has 4 heteroatoms. The number of anilines is 1. The molecule has 24 heavy (non-hydrogen) atoms. The number of aryl methyl sites for hydroxylation is 2. The Balaban J connectivity index is 1.76. The second-order valence-corrected chi connectivity index (χ2v) is 6.45. The van der Waals surface area contributed by atoms with Gasteiger partial charge in [0.25, 0.3) is 0 Å². The van der Waals surface area contributed by atoms with Crippen molar-refractivity contribution in [3.8, 4) is 11.1 Å². The highest BCUT2D eigenvalue weighted by atomic mass is 35.5. The largest absolute Gasteiger partial charge is 0.381 e. The molecule has 122 valence electrons. The Morgan fingerprint density at radius 1 is 0.917 bits per heavy atom. The summed E-state index contributed by atoms with van der Waals surface area (Å²) in [7, 11) is 0. The molecule has 0 unspecified atom stereocenters.